The first-order chi connectivity index (χ1) is 9.58. The van der Waals surface area contributed by atoms with E-state index in [1.54, 1.807) is 13.1 Å². The number of aliphatic hydroxyl groups is 1. The molecular weight excluding hydrogens is 256 g/mol. The van der Waals surface area contributed by atoms with Crippen molar-refractivity contribution in [3.63, 3.8) is 0 Å². The Morgan fingerprint density at radius 3 is 2.80 bits per heavy atom. The fraction of sp³-hybridized carbons (Fsp3) is 0.333. The monoisotopic (exact) mass is 272 g/mol. The van der Waals surface area contributed by atoms with Crippen LogP contribution in [-0.2, 0) is 7.05 Å². The third-order valence-corrected chi connectivity index (χ3v) is 3.81. The van der Waals surface area contributed by atoms with Gasteiger partial charge in [-0.05, 0) is 23.9 Å². The van der Waals surface area contributed by atoms with Crippen LogP contribution in [0, 0.1) is 0 Å². The molecule has 104 valence electrons. The lowest BCUT2D eigenvalue weighted by Crippen LogP contribution is -2.35. The molecule has 1 aliphatic rings. The second-order valence-corrected chi connectivity index (χ2v) is 5.17. The van der Waals surface area contributed by atoms with Gasteiger partial charge in [-0.1, -0.05) is 18.2 Å². The first-order valence-electron chi connectivity index (χ1n) is 6.64. The number of carbonyl (C=O) groups is 1. The predicted octanol–water partition coefficient (Wildman–Crippen LogP) is 0.745. The Bertz CT molecular complexity index is 735. The van der Waals surface area contributed by atoms with E-state index in [-0.39, 0.29) is 17.0 Å². The van der Waals surface area contributed by atoms with Gasteiger partial charge < -0.3 is 14.6 Å². The van der Waals surface area contributed by atoms with E-state index in [1.807, 2.05) is 24.3 Å². The van der Waals surface area contributed by atoms with E-state index < -0.39 is 6.10 Å². The molecule has 5 nitrogen and oxygen atoms in total. The van der Waals surface area contributed by atoms with Crippen LogP contribution in [0.5, 0.6) is 0 Å². The molecule has 1 N–H and O–H groups in total. The molecule has 1 aliphatic heterocycles. The summed E-state index contributed by atoms with van der Waals surface area (Å²) >= 11 is 0. The summed E-state index contributed by atoms with van der Waals surface area (Å²) in [5.41, 5.74) is 0.672. The third-order valence-electron chi connectivity index (χ3n) is 3.81. The first kappa shape index (κ1) is 12.9. The van der Waals surface area contributed by atoms with Crippen molar-refractivity contribution < 1.29 is 9.90 Å². The molecule has 0 aliphatic carbocycles. The molecule has 2 aromatic rings. The quantitative estimate of drug-likeness (QED) is 0.833. The molecule has 1 fully saturated rings. The number of benzene rings is 1. The predicted molar refractivity (Wildman–Crippen MR) is 75.7 cm³/mol. The number of nitrogens with zero attached hydrogens (tertiary/aromatic N) is 2. The molecule has 1 aromatic heterocycles. The molecule has 1 amide bonds. The van der Waals surface area contributed by atoms with Gasteiger partial charge in [0.15, 0.2) is 0 Å². The van der Waals surface area contributed by atoms with Crippen LogP contribution in [0.4, 0.5) is 0 Å². The Morgan fingerprint density at radius 2 is 2.10 bits per heavy atom. The smallest absolute Gasteiger partial charge is 0.263 e. The number of aliphatic hydroxyl groups excluding tert-OH is 1. The highest BCUT2D eigenvalue weighted by Gasteiger charge is 2.27. The minimum atomic E-state index is -0.483. The van der Waals surface area contributed by atoms with Gasteiger partial charge >= 0.3 is 0 Å². The summed E-state index contributed by atoms with van der Waals surface area (Å²) in [6.45, 7) is 0.796. The Hall–Kier alpha value is -2.14. The van der Waals surface area contributed by atoms with Crippen LogP contribution in [-0.4, -0.2) is 39.7 Å². The number of likely N-dealkylation sites (tertiary alicyclic amines) is 1. The number of carbonyl (C=O) groups excluding carboxylic acids is 1. The summed E-state index contributed by atoms with van der Waals surface area (Å²) < 4.78 is 1.50. The van der Waals surface area contributed by atoms with E-state index in [0.717, 1.165) is 10.9 Å². The van der Waals surface area contributed by atoms with Gasteiger partial charge in [0.1, 0.15) is 5.56 Å². The summed E-state index contributed by atoms with van der Waals surface area (Å²) in [5, 5.41) is 10.4. The van der Waals surface area contributed by atoms with Crippen molar-refractivity contribution in [1.29, 1.82) is 0 Å². The Labute approximate surface area is 116 Å². The van der Waals surface area contributed by atoms with Crippen LogP contribution >= 0.6 is 0 Å². The minimum absolute atomic E-state index is 0.167. The van der Waals surface area contributed by atoms with Gasteiger partial charge in [0.05, 0.1) is 11.6 Å². The summed E-state index contributed by atoms with van der Waals surface area (Å²) in [6, 6.07) is 9.11. The molecule has 0 radical (unpaired) electrons. The maximum absolute atomic E-state index is 12.4. The molecule has 20 heavy (non-hydrogen) atoms. The molecular formula is C15H16N2O3. The average Bonchev–Trinajstić information content (AvgIpc) is 2.89. The van der Waals surface area contributed by atoms with Gasteiger partial charge in [0, 0.05) is 20.1 Å². The van der Waals surface area contributed by atoms with Crippen molar-refractivity contribution in [1.82, 2.24) is 9.47 Å². The van der Waals surface area contributed by atoms with Crippen LogP contribution in [0.15, 0.2) is 35.1 Å². The number of β-amino-alcohol motifs (C(OH)–C–C–N with tert-alkyl or cyclic N) is 1. The number of hydrogen-bond acceptors (Lipinski definition) is 3. The highest BCUT2D eigenvalue weighted by Crippen LogP contribution is 2.16. The van der Waals surface area contributed by atoms with Gasteiger partial charge in [-0.15, -0.1) is 0 Å². The summed E-state index contributed by atoms with van der Waals surface area (Å²) in [7, 11) is 1.67. The SMILES string of the molecule is Cn1c(=O)c(C(=O)N2CCC(O)C2)cc2ccccc21. The molecule has 5 heteroatoms. The number of amides is 1. The number of fused-ring (bicyclic) bond motifs is 1. The molecule has 1 atom stereocenters. The second-order valence-electron chi connectivity index (χ2n) is 5.17. The standard InChI is InChI=1S/C15H16N2O3/c1-16-13-5-3-2-4-10(13)8-12(14(16)19)15(20)17-7-6-11(18)9-17/h2-5,8,11,18H,6-7,9H2,1H3. The third kappa shape index (κ3) is 2.00. The number of rotatable bonds is 1. The number of para-hydroxylation sites is 1. The zero-order valence-electron chi connectivity index (χ0n) is 11.2. The molecule has 0 saturated carbocycles. The highest BCUT2D eigenvalue weighted by molar-refractivity contribution is 5.97. The summed E-state index contributed by atoms with van der Waals surface area (Å²) in [5.74, 6) is -0.298. The van der Waals surface area contributed by atoms with Gasteiger partial charge in [-0.2, -0.15) is 0 Å². The van der Waals surface area contributed by atoms with E-state index in [4.69, 9.17) is 0 Å². The van der Waals surface area contributed by atoms with Crippen molar-refractivity contribution in [2.45, 2.75) is 12.5 Å². The maximum atomic E-state index is 12.4. The molecule has 3 rings (SSSR count). The molecule has 1 aromatic carbocycles. The number of aryl methyl sites for hydroxylation is 1. The Kier molecular flexibility index (Phi) is 3.06. The van der Waals surface area contributed by atoms with E-state index in [1.165, 1.54) is 9.47 Å². The Morgan fingerprint density at radius 1 is 1.35 bits per heavy atom. The number of pyridine rings is 1. The van der Waals surface area contributed by atoms with Crippen LogP contribution in [0.25, 0.3) is 10.9 Å². The number of aromatic nitrogens is 1. The van der Waals surface area contributed by atoms with E-state index in [0.29, 0.717) is 19.5 Å². The van der Waals surface area contributed by atoms with Gasteiger partial charge in [-0.25, -0.2) is 0 Å². The first-order valence-corrected chi connectivity index (χ1v) is 6.64. The molecule has 2 heterocycles. The largest absolute Gasteiger partial charge is 0.391 e. The Balaban J connectivity index is 2.10. The zero-order chi connectivity index (χ0) is 14.3. The minimum Gasteiger partial charge on any atom is -0.391 e. The fourth-order valence-corrected chi connectivity index (χ4v) is 2.67. The van der Waals surface area contributed by atoms with Crippen molar-refractivity contribution in [2.24, 2.45) is 7.05 Å². The normalized spacial score (nSPS) is 18.7. The summed E-state index contributed by atoms with van der Waals surface area (Å²) in [4.78, 5) is 26.3. The van der Waals surface area contributed by atoms with Gasteiger partial charge in [0.25, 0.3) is 11.5 Å². The van der Waals surface area contributed by atoms with Crippen molar-refractivity contribution in [2.75, 3.05) is 13.1 Å². The lowest BCUT2D eigenvalue weighted by atomic mass is 10.1. The fourth-order valence-electron chi connectivity index (χ4n) is 2.67. The van der Waals surface area contributed by atoms with Crippen LogP contribution < -0.4 is 5.56 Å². The molecule has 0 bridgehead atoms. The van der Waals surface area contributed by atoms with E-state index in [2.05, 4.69) is 0 Å². The second kappa shape index (κ2) is 4.76. The molecule has 1 saturated heterocycles. The lowest BCUT2D eigenvalue weighted by molar-refractivity contribution is 0.0763. The van der Waals surface area contributed by atoms with Gasteiger partial charge in [-0.3, -0.25) is 9.59 Å². The van der Waals surface area contributed by atoms with Crippen LogP contribution in [0.3, 0.4) is 0 Å². The maximum Gasteiger partial charge on any atom is 0.263 e. The highest BCUT2D eigenvalue weighted by atomic mass is 16.3. The van der Waals surface area contributed by atoms with Gasteiger partial charge in [0.2, 0.25) is 0 Å². The van der Waals surface area contributed by atoms with Crippen molar-refractivity contribution in [3.05, 3.63) is 46.2 Å². The van der Waals surface area contributed by atoms with Crippen LogP contribution in [0.2, 0.25) is 0 Å². The summed E-state index contributed by atoms with van der Waals surface area (Å²) in [6.07, 6.45) is 0.0860. The molecule has 0 spiro atoms. The zero-order valence-corrected chi connectivity index (χ0v) is 11.2. The van der Waals surface area contributed by atoms with E-state index >= 15 is 0 Å². The lowest BCUT2D eigenvalue weighted by Gasteiger charge is -2.16. The molecule has 1 unspecified atom stereocenters. The van der Waals surface area contributed by atoms with Crippen molar-refractivity contribution in [3.8, 4) is 0 Å². The van der Waals surface area contributed by atoms with Crippen LogP contribution in [0.1, 0.15) is 16.8 Å². The number of hydrogen-bond donors (Lipinski definition) is 1. The van der Waals surface area contributed by atoms with Crippen molar-refractivity contribution >= 4 is 16.8 Å². The van der Waals surface area contributed by atoms with E-state index in [9.17, 15) is 14.7 Å². The average molecular weight is 272 g/mol. The topological polar surface area (TPSA) is 62.5 Å².